The number of hydrogen-bond acceptors (Lipinski definition) is 3. The van der Waals surface area contributed by atoms with Gasteiger partial charge < -0.3 is 4.74 Å². The minimum atomic E-state index is 0.0349. The van der Waals surface area contributed by atoms with Crippen molar-refractivity contribution in [2.45, 2.75) is 32.8 Å². The second kappa shape index (κ2) is 5.38. The second-order valence-corrected chi connectivity index (χ2v) is 5.17. The Morgan fingerprint density at radius 1 is 1.50 bits per heavy atom. The molecule has 1 unspecified atom stereocenters. The number of hydrogen-bond donors (Lipinski definition) is 1. The molecule has 0 N–H and O–H groups in total. The first kappa shape index (κ1) is 12.3. The van der Waals surface area contributed by atoms with E-state index in [1.807, 2.05) is 0 Å². The fourth-order valence-corrected chi connectivity index (χ4v) is 2.32. The molecule has 14 heavy (non-hydrogen) atoms. The molecule has 2 nitrogen and oxygen atoms in total. The standard InChI is InChI=1S/C11H23NOS/c1-4-10(8-14)7-12-5-6-13-11(2,3)9-12/h10,14H,4-9H2,1-3H3. The third-order valence-corrected chi connectivity index (χ3v) is 3.37. The van der Waals surface area contributed by atoms with Crippen molar-refractivity contribution >= 4 is 12.6 Å². The number of ether oxygens (including phenoxy) is 1. The lowest BCUT2D eigenvalue weighted by molar-refractivity contribution is -0.0884. The van der Waals surface area contributed by atoms with E-state index in [9.17, 15) is 0 Å². The van der Waals surface area contributed by atoms with Crippen molar-refractivity contribution in [3.05, 3.63) is 0 Å². The summed E-state index contributed by atoms with van der Waals surface area (Å²) < 4.78 is 5.68. The summed E-state index contributed by atoms with van der Waals surface area (Å²) in [5, 5.41) is 0. The molecule has 0 saturated carbocycles. The number of morpholine rings is 1. The van der Waals surface area contributed by atoms with Crippen LogP contribution in [0.2, 0.25) is 0 Å². The molecule has 0 aliphatic carbocycles. The number of nitrogens with zero attached hydrogens (tertiary/aromatic N) is 1. The Hall–Kier alpha value is 0.270. The molecule has 1 heterocycles. The van der Waals surface area contributed by atoms with Gasteiger partial charge in [0.05, 0.1) is 12.2 Å². The lowest BCUT2D eigenvalue weighted by Gasteiger charge is -2.39. The van der Waals surface area contributed by atoms with Crippen LogP contribution in [0.3, 0.4) is 0 Å². The molecule has 0 aromatic rings. The summed E-state index contributed by atoms with van der Waals surface area (Å²) in [6.07, 6.45) is 1.22. The van der Waals surface area contributed by atoms with E-state index in [1.54, 1.807) is 0 Å². The first-order chi connectivity index (χ1) is 6.57. The van der Waals surface area contributed by atoms with Crippen LogP contribution < -0.4 is 0 Å². The molecule has 1 aliphatic rings. The van der Waals surface area contributed by atoms with Gasteiger partial charge in [0.15, 0.2) is 0 Å². The summed E-state index contributed by atoms with van der Waals surface area (Å²) in [6.45, 7) is 10.8. The van der Waals surface area contributed by atoms with Gasteiger partial charge in [0.25, 0.3) is 0 Å². The predicted molar refractivity (Wildman–Crippen MR) is 64.1 cm³/mol. The van der Waals surface area contributed by atoms with E-state index in [2.05, 4.69) is 38.3 Å². The van der Waals surface area contributed by atoms with E-state index in [0.29, 0.717) is 0 Å². The molecule has 1 atom stereocenters. The van der Waals surface area contributed by atoms with E-state index < -0.39 is 0 Å². The van der Waals surface area contributed by atoms with Crippen LogP contribution in [0.15, 0.2) is 0 Å². The maximum absolute atomic E-state index is 5.68. The Morgan fingerprint density at radius 3 is 2.71 bits per heavy atom. The molecular weight excluding hydrogens is 194 g/mol. The number of rotatable bonds is 4. The number of thiol groups is 1. The molecular formula is C11H23NOS. The lowest BCUT2D eigenvalue weighted by atomic mass is 10.0. The highest BCUT2D eigenvalue weighted by molar-refractivity contribution is 7.80. The van der Waals surface area contributed by atoms with Gasteiger partial charge in [0.2, 0.25) is 0 Å². The summed E-state index contributed by atoms with van der Waals surface area (Å²) in [5.41, 5.74) is 0.0349. The molecule has 0 spiro atoms. The van der Waals surface area contributed by atoms with Gasteiger partial charge in [-0.1, -0.05) is 13.3 Å². The van der Waals surface area contributed by atoms with Gasteiger partial charge >= 0.3 is 0 Å². The van der Waals surface area contributed by atoms with Crippen molar-refractivity contribution in [3.63, 3.8) is 0 Å². The van der Waals surface area contributed by atoms with Crippen LogP contribution in [-0.2, 0) is 4.74 Å². The maximum atomic E-state index is 5.68. The third-order valence-electron chi connectivity index (χ3n) is 2.86. The van der Waals surface area contributed by atoms with Crippen LogP contribution in [0.4, 0.5) is 0 Å². The molecule has 0 aromatic carbocycles. The first-order valence-corrected chi connectivity index (χ1v) is 6.18. The molecule has 3 heteroatoms. The van der Waals surface area contributed by atoms with Crippen molar-refractivity contribution in [3.8, 4) is 0 Å². The van der Waals surface area contributed by atoms with E-state index in [4.69, 9.17) is 4.74 Å². The minimum absolute atomic E-state index is 0.0349. The quantitative estimate of drug-likeness (QED) is 0.724. The van der Waals surface area contributed by atoms with Crippen LogP contribution in [0.1, 0.15) is 27.2 Å². The van der Waals surface area contributed by atoms with Gasteiger partial charge in [-0.3, -0.25) is 4.90 Å². The molecule has 1 rings (SSSR count). The molecule has 0 amide bonds. The van der Waals surface area contributed by atoms with Crippen LogP contribution in [0, 0.1) is 5.92 Å². The molecule has 1 fully saturated rings. The molecule has 84 valence electrons. The highest BCUT2D eigenvalue weighted by atomic mass is 32.1. The van der Waals surface area contributed by atoms with Gasteiger partial charge in [-0.25, -0.2) is 0 Å². The van der Waals surface area contributed by atoms with Gasteiger partial charge in [-0.15, -0.1) is 0 Å². The zero-order chi connectivity index (χ0) is 10.6. The van der Waals surface area contributed by atoms with Crippen molar-refractivity contribution < 1.29 is 4.74 Å². The summed E-state index contributed by atoms with van der Waals surface area (Å²) in [7, 11) is 0. The fourth-order valence-electron chi connectivity index (χ4n) is 1.95. The minimum Gasteiger partial charge on any atom is -0.373 e. The van der Waals surface area contributed by atoms with Gasteiger partial charge in [0.1, 0.15) is 0 Å². The lowest BCUT2D eigenvalue weighted by Crippen LogP contribution is -2.49. The molecule has 0 aromatic heterocycles. The third kappa shape index (κ3) is 3.79. The van der Waals surface area contributed by atoms with E-state index >= 15 is 0 Å². The Balaban J connectivity index is 2.37. The predicted octanol–water partition coefficient (Wildman–Crippen LogP) is 2.05. The highest BCUT2D eigenvalue weighted by Gasteiger charge is 2.27. The summed E-state index contributed by atoms with van der Waals surface area (Å²) in [4.78, 5) is 2.51. The normalized spacial score (nSPS) is 24.9. The van der Waals surface area contributed by atoms with Crippen LogP contribution in [-0.4, -0.2) is 42.5 Å². The van der Waals surface area contributed by atoms with E-state index in [0.717, 1.165) is 31.4 Å². The molecule has 1 aliphatic heterocycles. The highest BCUT2D eigenvalue weighted by Crippen LogP contribution is 2.18. The van der Waals surface area contributed by atoms with Gasteiger partial charge in [-0.05, 0) is 25.5 Å². The summed E-state index contributed by atoms with van der Waals surface area (Å²) in [5.74, 6) is 1.72. The average molecular weight is 217 g/mol. The van der Waals surface area contributed by atoms with Crippen LogP contribution in [0.25, 0.3) is 0 Å². The summed E-state index contributed by atoms with van der Waals surface area (Å²) in [6, 6.07) is 0. The first-order valence-electron chi connectivity index (χ1n) is 5.54. The average Bonchev–Trinajstić information content (AvgIpc) is 2.12. The topological polar surface area (TPSA) is 12.5 Å². The maximum Gasteiger partial charge on any atom is 0.0753 e. The molecule has 1 saturated heterocycles. The van der Waals surface area contributed by atoms with Gasteiger partial charge in [0, 0.05) is 19.6 Å². The SMILES string of the molecule is CCC(CS)CN1CCOC(C)(C)C1. The van der Waals surface area contributed by atoms with Crippen molar-refractivity contribution in [2.75, 3.05) is 32.0 Å². The Bertz CT molecular complexity index is 169. The Morgan fingerprint density at radius 2 is 2.21 bits per heavy atom. The Kier molecular flexibility index (Phi) is 4.74. The fraction of sp³-hybridized carbons (Fsp3) is 1.00. The zero-order valence-corrected chi connectivity index (χ0v) is 10.5. The smallest absolute Gasteiger partial charge is 0.0753 e. The molecule has 0 radical (unpaired) electrons. The zero-order valence-electron chi connectivity index (χ0n) is 9.62. The second-order valence-electron chi connectivity index (χ2n) is 4.80. The van der Waals surface area contributed by atoms with E-state index in [1.165, 1.54) is 13.0 Å². The van der Waals surface area contributed by atoms with Gasteiger partial charge in [-0.2, -0.15) is 12.6 Å². The van der Waals surface area contributed by atoms with Crippen molar-refractivity contribution in [1.29, 1.82) is 0 Å². The largest absolute Gasteiger partial charge is 0.373 e. The molecule has 0 bridgehead atoms. The summed E-state index contributed by atoms with van der Waals surface area (Å²) >= 11 is 4.38. The Labute approximate surface area is 93.4 Å². The van der Waals surface area contributed by atoms with Crippen molar-refractivity contribution in [1.82, 2.24) is 4.90 Å². The van der Waals surface area contributed by atoms with Crippen LogP contribution in [0.5, 0.6) is 0 Å². The van der Waals surface area contributed by atoms with Crippen LogP contribution >= 0.6 is 12.6 Å². The monoisotopic (exact) mass is 217 g/mol. The van der Waals surface area contributed by atoms with E-state index in [-0.39, 0.29) is 5.60 Å². The van der Waals surface area contributed by atoms with Crippen molar-refractivity contribution in [2.24, 2.45) is 5.92 Å².